The summed E-state index contributed by atoms with van der Waals surface area (Å²) in [5, 5.41) is 13.3. The van der Waals surface area contributed by atoms with E-state index in [4.69, 9.17) is 9.84 Å². The van der Waals surface area contributed by atoms with E-state index in [9.17, 15) is 4.79 Å². The van der Waals surface area contributed by atoms with Crippen LogP contribution in [-0.2, 0) is 18.3 Å². The van der Waals surface area contributed by atoms with Crippen molar-refractivity contribution in [2.75, 3.05) is 7.11 Å². The number of rotatable bonds is 4. The van der Waals surface area contributed by atoms with Crippen LogP contribution in [-0.4, -0.2) is 28.0 Å². The molecule has 1 aromatic carbocycles. The lowest BCUT2D eigenvalue weighted by Gasteiger charge is -2.09. The zero-order valence-corrected chi connectivity index (χ0v) is 11.2. The van der Waals surface area contributed by atoms with Crippen molar-refractivity contribution in [2.24, 2.45) is 7.05 Å². The SMILES string of the molecule is COc1ccccc1-c1c(C)nn(C)c1CC(=O)O. The van der Waals surface area contributed by atoms with Crippen LogP contribution in [0.4, 0.5) is 0 Å². The van der Waals surface area contributed by atoms with Gasteiger partial charge in [-0.15, -0.1) is 0 Å². The van der Waals surface area contributed by atoms with E-state index < -0.39 is 5.97 Å². The van der Waals surface area contributed by atoms with Crippen molar-refractivity contribution in [1.29, 1.82) is 0 Å². The number of aromatic nitrogens is 2. The van der Waals surface area contributed by atoms with Crippen LogP contribution in [0.3, 0.4) is 0 Å². The molecule has 0 atom stereocenters. The molecule has 5 heteroatoms. The lowest BCUT2D eigenvalue weighted by atomic mass is 10.0. The van der Waals surface area contributed by atoms with Crippen molar-refractivity contribution < 1.29 is 14.6 Å². The van der Waals surface area contributed by atoms with Crippen molar-refractivity contribution in [3.8, 4) is 16.9 Å². The zero-order valence-electron chi connectivity index (χ0n) is 11.2. The molecule has 1 heterocycles. The van der Waals surface area contributed by atoms with E-state index in [1.165, 1.54) is 0 Å². The van der Waals surface area contributed by atoms with E-state index in [1.54, 1.807) is 18.8 Å². The van der Waals surface area contributed by atoms with E-state index in [-0.39, 0.29) is 6.42 Å². The highest BCUT2D eigenvalue weighted by molar-refractivity contribution is 5.79. The van der Waals surface area contributed by atoms with Gasteiger partial charge in [0.2, 0.25) is 0 Å². The molecule has 0 saturated heterocycles. The normalized spacial score (nSPS) is 10.5. The van der Waals surface area contributed by atoms with Crippen molar-refractivity contribution in [3.63, 3.8) is 0 Å². The molecule has 0 amide bonds. The molecular weight excluding hydrogens is 244 g/mol. The van der Waals surface area contributed by atoms with E-state index in [1.807, 2.05) is 31.2 Å². The third-order valence-corrected chi connectivity index (χ3v) is 3.04. The maximum Gasteiger partial charge on any atom is 0.309 e. The Kier molecular flexibility index (Phi) is 3.55. The van der Waals surface area contributed by atoms with Gasteiger partial charge in [-0.3, -0.25) is 9.48 Å². The second-order valence-electron chi connectivity index (χ2n) is 4.30. The first kappa shape index (κ1) is 13.1. The van der Waals surface area contributed by atoms with Gasteiger partial charge < -0.3 is 9.84 Å². The minimum atomic E-state index is -0.876. The van der Waals surface area contributed by atoms with Crippen LogP contribution < -0.4 is 4.74 Å². The molecule has 2 aromatic rings. The van der Waals surface area contributed by atoms with E-state index in [0.717, 1.165) is 16.8 Å². The van der Waals surface area contributed by atoms with Crippen LogP contribution in [0.2, 0.25) is 0 Å². The van der Waals surface area contributed by atoms with Gasteiger partial charge in [-0.05, 0) is 13.0 Å². The van der Waals surface area contributed by atoms with Gasteiger partial charge in [0, 0.05) is 18.2 Å². The highest BCUT2D eigenvalue weighted by atomic mass is 16.5. The summed E-state index contributed by atoms with van der Waals surface area (Å²) in [6.45, 7) is 1.87. The lowest BCUT2D eigenvalue weighted by Crippen LogP contribution is -2.07. The van der Waals surface area contributed by atoms with Crippen molar-refractivity contribution in [1.82, 2.24) is 9.78 Å². The zero-order chi connectivity index (χ0) is 14.0. The monoisotopic (exact) mass is 260 g/mol. The summed E-state index contributed by atoms with van der Waals surface area (Å²) in [7, 11) is 3.35. The molecule has 1 aromatic heterocycles. The predicted molar refractivity (Wildman–Crippen MR) is 71.3 cm³/mol. The van der Waals surface area contributed by atoms with Gasteiger partial charge in [0.15, 0.2) is 0 Å². The fourth-order valence-electron chi connectivity index (χ4n) is 2.25. The summed E-state index contributed by atoms with van der Waals surface area (Å²) in [4.78, 5) is 11.0. The topological polar surface area (TPSA) is 64.4 Å². The number of para-hydroxylation sites is 1. The molecule has 1 N–H and O–H groups in total. The number of nitrogens with zero attached hydrogens (tertiary/aromatic N) is 2. The molecule has 19 heavy (non-hydrogen) atoms. The average Bonchev–Trinajstić information content (AvgIpc) is 2.63. The first-order chi connectivity index (χ1) is 9.04. The van der Waals surface area contributed by atoms with Gasteiger partial charge in [-0.2, -0.15) is 5.10 Å². The number of hydrogen-bond donors (Lipinski definition) is 1. The fourth-order valence-corrected chi connectivity index (χ4v) is 2.25. The van der Waals surface area contributed by atoms with Crippen LogP contribution in [0.1, 0.15) is 11.4 Å². The molecule has 100 valence electrons. The molecule has 0 fully saturated rings. The number of carbonyl (C=O) groups is 1. The van der Waals surface area contributed by atoms with E-state index >= 15 is 0 Å². The average molecular weight is 260 g/mol. The Labute approximate surface area is 111 Å². The third-order valence-electron chi connectivity index (χ3n) is 3.04. The van der Waals surface area contributed by atoms with Crippen LogP contribution in [0, 0.1) is 6.92 Å². The molecule has 0 saturated carbocycles. The second-order valence-corrected chi connectivity index (χ2v) is 4.30. The number of hydrogen-bond acceptors (Lipinski definition) is 3. The molecule has 0 aliphatic heterocycles. The Bertz CT molecular complexity index is 617. The van der Waals surface area contributed by atoms with Crippen LogP contribution >= 0.6 is 0 Å². The van der Waals surface area contributed by atoms with Gasteiger partial charge in [0.25, 0.3) is 0 Å². The van der Waals surface area contributed by atoms with Gasteiger partial charge in [-0.1, -0.05) is 18.2 Å². The summed E-state index contributed by atoms with van der Waals surface area (Å²) >= 11 is 0. The number of aliphatic carboxylic acids is 1. The second kappa shape index (κ2) is 5.14. The molecule has 5 nitrogen and oxygen atoms in total. The Hall–Kier alpha value is -2.30. The number of carboxylic acids is 1. The Morgan fingerprint density at radius 2 is 2.11 bits per heavy atom. The number of aryl methyl sites for hydroxylation is 2. The summed E-state index contributed by atoms with van der Waals surface area (Å²) in [6.07, 6.45) is -0.0648. The molecule has 0 aliphatic rings. The maximum atomic E-state index is 11.0. The van der Waals surface area contributed by atoms with Gasteiger partial charge in [-0.25, -0.2) is 0 Å². The lowest BCUT2D eigenvalue weighted by molar-refractivity contribution is -0.136. The number of benzene rings is 1. The quantitative estimate of drug-likeness (QED) is 0.913. The Morgan fingerprint density at radius 3 is 2.74 bits per heavy atom. The standard InChI is InChI=1S/C14H16N2O3/c1-9-14(10-6-4-5-7-12(10)19-3)11(8-13(17)18)16(2)15-9/h4-7H,8H2,1-3H3,(H,17,18). The highest BCUT2D eigenvalue weighted by Crippen LogP contribution is 2.34. The molecule has 2 rings (SSSR count). The number of carboxylic acid groups (broad SMARTS) is 1. The van der Waals surface area contributed by atoms with Crippen molar-refractivity contribution >= 4 is 5.97 Å². The van der Waals surface area contributed by atoms with Crippen molar-refractivity contribution in [2.45, 2.75) is 13.3 Å². The predicted octanol–water partition coefficient (Wildman–Crippen LogP) is 2.03. The minimum Gasteiger partial charge on any atom is -0.496 e. The molecule has 0 unspecified atom stereocenters. The van der Waals surface area contributed by atoms with Crippen LogP contribution in [0.15, 0.2) is 24.3 Å². The molecule has 0 bridgehead atoms. The minimum absolute atomic E-state index is 0.0648. The van der Waals surface area contributed by atoms with E-state index in [2.05, 4.69) is 5.10 Å². The molecule has 0 radical (unpaired) electrons. The largest absolute Gasteiger partial charge is 0.496 e. The van der Waals surface area contributed by atoms with E-state index in [0.29, 0.717) is 11.4 Å². The molecule has 0 spiro atoms. The first-order valence-electron chi connectivity index (χ1n) is 5.92. The summed E-state index contributed by atoms with van der Waals surface area (Å²) < 4.78 is 6.96. The first-order valence-corrected chi connectivity index (χ1v) is 5.92. The van der Waals surface area contributed by atoms with Crippen LogP contribution in [0.5, 0.6) is 5.75 Å². The number of ether oxygens (including phenoxy) is 1. The summed E-state index contributed by atoms with van der Waals surface area (Å²) in [5.41, 5.74) is 3.17. The molecule has 0 aliphatic carbocycles. The van der Waals surface area contributed by atoms with Gasteiger partial charge in [0.1, 0.15) is 5.75 Å². The van der Waals surface area contributed by atoms with Crippen molar-refractivity contribution in [3.05, 3.63) is 35.7 Å². The van der Waals surface area contributed by atoms with Crippen LogP contribution in [0.25, 0.3) is 11.1 Å². The third kappa shape index (κ3) is 2.45. The van der Waals surface area contributed by atoms with Gasteiger partial charge >= 0.3 is 5.97 Å². The summed E-state index contributed by atoms with van der Waals surface area (Å²) in [5.74, 6) is -0.163. The smallest absolute Gasteiger partial charge is 0.309 e. The maximum absolute atomic E-state index is 11.0. The Morgan fingerprint density at radius 1 is 1.42 bits per heavy atom. The summed E-state index contributed by atoms with van der Waals surface area (Å²) in [6, 6.07) is 7.54. The number of methoxy groups -OCH3 is 1. The fraction of sp³-hybridized carbons (Fsp3) is 0.286. The van der Waals surface area contributed by atoms with Gasteiger partial charge in [0.05, 0.1) is 24.9 Å². The molecular formula is C14H16N2O3. The Balaban J connectivity index is 2.64. The highest BCUT2D eigenvalue weighted by Gasteiger charge is 2.19.